The molecule has 1 aliphatic heterocycles. The molecule has 0 saturated carbocycles. The lowest BCUT2D eigenvalue weighted by Crippen LogP contribution is -2.43. The smallest absolute Gasteiger partial charge is 0.263 e. The van der Waals surface area contributed by atoms with Gasteiger partial charge in [0.05, 0.1) is 4.88 Å². The Labute approximate surface area is 130 Å². The Morgan fingerprint density at radius 1 is 1.43 bits per heavy atom. The van der Waals surface area contributed by atoms with E-state index in [9.17, 15) is 9.59 Å². The van der Waals surface area contributed by atoms with E-state index in [0.717, 1.165) is 37.2 Å². The first-order chi connectivity index (χ1) is 10.1. The summed E-state index contributed by atoms with van der Waals surface area (Å²) in [6.07, 6.45) is 3.56. The number of hydrogen-bond donors (Lipinski definition) is 1. The van der Waals surface area contributed by atoms with Gasteiger partial charge in [0.25, 0.3) is 5.91 Å². The summed E-state index contributed by atoms with van der Waals surface area (Å²) in [4.78, 5) is 27.9. The maximum Gasteiger partial charge on any atom is 0.263 e. The molecule has 4 nitrogen and oxygen atoms in total. The first-order valence-corrected chi connectivity index (χ1v) is 8.54. The Kier molecular flexibility index (Phi) is 5.79. The summed E-state index contributed by atoms with van der Waals surface area (Å²) in [5.74, 6) is 0.636. The molecule has 2 amide bonds. The Bertz CT molecular complexity index is 498. The monoisotopic (exact) mass is 308 g/mol. The summed E-state index contributed by atoms with van der Waals surface area (Å²) in [5.41, 5.74) is 0. The Hall–Kier alpha value is -1.36. The van der Waals surface area contributed by atoms with Crippen molar-refractivity contribution in [2.75, 3.05) is 19.6 Å². The summed E-state index contributed by atoms with van der Waals surface area (Å²) in [5, 5.41) is 2.98. The SMILES string of the molecule is CCCC(=O)NC[C@H]1CCCN(C(=O)c2ccc(C)s2)C1. The molecule has 1 aromatic rings. The molecule has 5 heteroatoms. The van der Waals surface area contributed by atoms with E-state index in [-0.39, 0.29) is 11.8 Å². The summed E-state index contributed by atoms with van der Waals surface area (Å²) in [6.45, 7) is 6.29. The van der Waals surface area contributed by atoms with Crippen LogP contribution in [0.5, 0.6) is 0 Å². The number of rotatable bonds is 5. The quantitative estimate of drug-likeness (QED) is 0.909. The number of piperidine rings is 1. The Morgan fingerprint density at radius 2 is 2.24 bits per heavy atom. The van der Waals surface area contributed by atoms with Gasteiger partial charge in [0.2, 0.25) is 5.91 Å². The molecule has 0 bridgehead atoms. The van der Waals surface area contributed by atoms with Gasteiger partial charge in [-0.2, -0.15) is 0 Å². The zero-order valence-electron chi connectivity index (χ0n) is 12.9. The summed E-state index contributed by atoms with van der Waals surface area (Å²) < 4.78 is 0. The lowest BCUT2D eigenvalue weighted by Gasteiger charge is -2.32. The molecule has 2 rings (SSSR count). The van der Waals surface area contributed by atoms with Crippen LogP contribution in [0.25, 0.3) is 0 Å². The molecule has 21 heavy (non-hydrogen) atoms. The molecule has 0 spiro atoms. The highest BCUT2D eigenvalue weighted by Gasteiger charge is 2.25. The average Bonchev–Trinajstić information content (AvgIpc) is 2.91. The van der Waals surface area contributed by atoms with E-state index < -0.39 is 0 Å². The number of likely N-dealkylation sites (tertiary alicyclic amines) is 1. The van der Waals surface area contributed by atoms with Gasteiger partial charge in [-0.05, 0) is 44.2 Å². The van der Waals surface area contributed by atoms with Crippen molar-refractivity contribution < 1.29 is 9.59 Å². The third-order valence-electron chi connectivity index (χ3n) is 3.82. The maximum absolute atomic E-state index is 12.4. The van der Waals surface area contributed by atoms with Crippen molar-refractivity contribution in [1.29, 1.82) is 0 Å². The molecule has 1 aliphatic rings. The minimum atomic E-state index is 0.120. The summed E-state index contributed by atoms with van der Waals surface area (Å²) >= 11 is 1.55. The second kappa shape index (κ2) is 7.59. The van der Waals surface area contributed by atoms with Gasteiger partial charge in [-0.1, -0.05) is 6.92 Å². The van der Waals surface area contributed by atoms with E-state index in [1.54, 1.807) is 11.3 Å². The number of hydrogen-bond acceptors (Lipinski definition) is 3. The molecule has 116 valence electrons. The molecule has 0 aliphatic carbocycles. The van der Waals surface area contributed by atoms with Gasteiger partial charge in [-0.25, -0.2) is 0 Å². The van der Waals surface area contributed by atoms with E-state index >= 15 is 0 Å². The highest BCUT2D eigenvalue weighted by Crippen LogP contribution is 2.22. The maximum atomic E-state index is 12.4. The number of thiophene rings is 1. The van der Waals surface area contributed by atoms with Crippen molar-refractivity contribution in [2.45, 2.75) is 39.5 Å². The van der Waals surface area contributed by atoms with Gasteiger partial charge in [0.15, 0.2) is 0 Å². The van der Waals surface area contributed by atoms with E-state index in [1.807, 2.05) is 30.9 Å². The van der Waals surface area contributed by atoms with Crippen molar-refractivity contribution in [3.05, 3.63) is 21.9 Å². The van der Waals surface area contributed by atoms with Crippen LogP contribution in [0.4, 0.5) is 0 Å². The van der Waals surface area contributed by atoms with Crippen LogP contribution in [-0.4, -0.2) is 36.3 Å². The zero-order chi connectivity index (χ0) is 15.2. The lowest BCUT2D eigenvalue weighted by atomic mass is 9.97. The van der Waals surface area contributed by atoms with E-state index in [0.29, 0.717) is 18.9 Å². The van der Waals surface area contributed by atoms with Gasteiger partial charge >= 0.3 is 0 Å². The lowest BCUT2D eigenvalue weighted by molar-refractivity contribution is -0.121. The van der Waals surface area contributed by atoms with Crippen LogP contribution in [0, 0.1) is 12.8 Å². The van der Waals surface area contributed by atoms with Crippen molar-refractivity contribution in [3.8, 4) is 0 Å². The fourth-order valence-electron chi connectivity index (χ4n) is 2.70. The predicted molar refractivity (Wildman–Crippen MR) is 85.6 cm³/mol. The molecule has 1 fully saturated rings. The molecule has 2 heterocycles. The van der Waals surface area contributed by atoms with Gasteiger partial charge in [-0.15, -0.1) is 11.3 Å². The largest absolute Gasteiger partial charge is 0.356 e. The van der Waals surface area contributed by atoms with E-state index in [2.05, 4.69) is 5.32 Å². The van der Waals surface area contributed by atoms with Crippen LogP contribution < -0.4 is 5.32 Å². The number of carbonyl (C=O) groups is 2. The van der Waals surface area contributed by atoms with E-state index in [4.69, 9.17) is 0 Å². The average molecular weight is 308 g/mol. The van der Waals surface area contributed by atoms with Crippen LogP contribution in [0.3, 0.4) is 0 Å². The fourth-order valence-corrected chi connectivity index (χ4v) is 3.53. The van der Waals surface area contributed by atoms with Crippen molar-refractivity contribution in [1.82, 2.24) is 10.2 Å². The standard InChI is InChI=1S/C16H24N2O2S/c1-3-5-15(19)17-10-13-6-4-9-18(11-13)16(20)14-8-7-12(2)21-14/h7-8,13H,3-6,9-11H2,1-2H3,(H,17,19)/t13-/m1/s1. The molecule has 1 saturated heterocycles. The fraction of sp³-hybridized carbons (Fsp3) is 0.625. The topological polar surface area (TPSA) is 49.4 Å². The third kappa shape index (κ3) is 4.56. The molecule has 1 aromatic heterocycles. The van der Waals surface area contributed by atoms with Crippen molar-refractivity contribution in [3.63, 3.8) is 0 Å². The molecule has 0 aromatic carbocycles. The molecular formula is C16H24N2O2S. The first kappa shape index (κ1) is 16.0. The number of aryl methyl sites for hydroxylation is 1. The van der Waals surface area contributed by atoms with Crippen LogP contribution in [-0.2, 0) is 4.79 Å². The second-order valence-electron chi connectivity index (χ2n) is 5.72. The number of amides is 2. The third-order valence-corrected chi connectivity index (χ3v) is 4.81. The van der Waals surface area contributed by atoms with E-state index in [1.165, 1.54) is 4.88 Å². The Morgan fingerprint density at radius 3 is 2.90 bits per heavy atom. The molecule has 0 radical (unpaired) electrons. The van der Waals surface area contributed by atoms with Crippen molar-refractivity contribution in [2.24, 2.45) is 5.92 Å². The van der Waals surface area contributed by atoms with Crippen LogP contribution in [0.1, 0.15) is 47.2 Å². The Balaban J connectivity index is 1.85. The predicted octanol–water partition coefficient (Wildman–Crippen LogP) is 2.83. The van der Waals surface area contributed by atoms with Gasteiger partial charge in [0.1, 0.15) is 0 Å². The van der Waals surface area contributed by atoms with Crippen LogP contribution >= 0.6 is 11.3 Å². The van der Waals surface area contributed by atoms with Gasteiger partial charge < -0.3 is 10.2 Å². The normalized spacial score (nSPS) is 18.6. The van der Waals surface area contributed by atoms with Crippen LogP contribution in [0.15, 0.2) is 12.1 Å². The minimum absolute atomic E-state index is 0.120. The summed E-state index contributed by atoms with van der Waals surface area (Å²) in [7, 11) is 0. The van der Waals surface area contributed by atoms with Gasteiger partial charge in [0, 0.05) is 30.9 Å². The minimum Gasteiger partial charge on any atom is -0.356 e. The second-order valence-corrected chi connectivity index (χ2v) is 7.01. The summed E-state index contributed by atoms with van der Waals surface area (Å²) in [6, 6.07) is 3.90. The molecule has 1 atom stereocenters. The molecule has 1 N–H and O–H groups in total. The molecule has 0 unspecified atom stereocenters. The molecular weight excluding hydrogens is 284 g/mol. The highest BCUT2D eigenvalue weighted by atomic mass is 32.1. The first-order valence-electron chi connectivity index (χ1n) is 7.72. The number of nitrogens with one attached hydrogen (secondary N) is 1. The van der Waals surface area contributed by atoms with Crippen molar-refractivity contribution >= 4 is 23.2 Å². The van der Waals surface area contributed by atoms with Gasteiger partial charge in [-0.3, -0.25) is 9.59 Å². The number of carbonyl (C=O) groups excluding carboxylic acids is 2. The zero-order valence-corrected chi connectivity index (χ0v) is 13.7. The highest BCUT2D eigenvalue weighted by molar-refractivity contribution is 7.13. The van der Waals surface area contributed by atoms with Crippen LogP contribution in [0.2, 0.25) is 0 Å². The number of nitrogens with zero attached hydrogens (tertiary/aromatic N) is 1.